The molecule has 1 aromatic heterocycles. The first-order valence-corrected chi connectivity index (χ1v) is 9.01. The maximum Gasteiger partial charge on any atom is 0.258 e. The number of hydrogen-bond acceptors (Lipinski definition) is 5. The summed E-state index contributed by atoms with van der Waals surface area (Å²) in [5, 5.41) is 6.66. The lowest BCUT2D eigenvalue weighted by Crippen LogP contribution is -2.32. The van der Waals surface area contributed by atoms with E-state index in [0.29, 0.717) is 41.3 Å². The molecule has 140 valence electrons. The van der Waals surface area contributed by atoms with E-state index in [-0.39, 0.29) is 12.5 Å². The summed E-state index contributed by atoms with van der Waals surface area (Å²) in [5.74, 6) is 1.70. The van der Waals surface area contributed by atoms with Crippen LogP contribution in [0.3, 0.4) is 0 Å². The van der Waals surface area contributed by atoms with Crippen LogP contribution in [0.1, 0.15) is 13.3 Å². The van der Waals surface area contributed by atoms with E-state index in [1.54, 1.807) is 18.2 Å². The van der Waals surface area contributed by atoms with Crippen molar-refractivity contribution in [2.75, 3.05) is 31.6 Å². The number of carbonyl (C=O) groups excluding carboxylic acids is 1. The molecule has 0 aliphatic carbocycles. The van der Waals surface area contributed by atoms with Crippen LogP contribution >= 0.6 is 23.2 Å². The van der Waals surface area contributed by atoms with Gasteiger partial charge < -0.3 is 20.1 Å². The Morgan fingerprint density at radius 3 is 2.46 bits per heavy atom. The fourth-order valence-electron chi connectivity index (χ4n) is 1.98. The average Bonchev–Trinajstić information content (AvgIpc) is 2.64. The van der Waals surface area contributed by atoms with Crippen molar-refractivity contribution in [2.24, 2.45) is 0 Å². The van der Waals surface area contributed by atoms with Gasteiger partial charge in [-0.2, -0.15) is 0 Å². The van der Waals surface area contributed by atoms with Gasteiger partial charge in [-0.25, -0.2) is 4.98 Å². The zero-order valence-electron chi connectivity index (χ0n) is 14.4. The van der Waals surface area contributed by atoms with Gasteiger partial charge in [-0.15, -0.1) is 0 Å². The Labute approximate surface area is 162 Å². The summed E-state index contributed by atoms with van der Waals surface area (Å²) in [7, 11) is 0. The molecule has 0 aliphatic rings. The third kappa shape index (κ3) is 6.98. The number of hydrogen-bond donors (Lipinski definition) is 2. The fraction of sp³-hybridized carbons (Fsp3) is 0.333. The van der Waals surface area contributed by atoms with Gasteiger partial charge in [0.2, 0.25) is 0 Å². The molecule has 0 fully saturated rings. The first-order valence-electron chi connectivity index (χ1n) is 8.25. The summed E-state index contributed by atoms with van der Waals surface area (Å²) < 4.78 is 10.9. The Kier molecular flexibility index (Phi) is 8.31. The molecule has 2 rings (SSSR count). The number of nitrogens with zero attached hydrogens (tertiary/aromatic N) is 1. The number of ether oxygens (including phenoxy) is 2. The van der Waals surface area contributed by atoms with E-state index < -0.39 is 0 Å². The molecule has 0 aliphatic heterocycles. The van der Waals surface area contributed by atoms with E-state index in [0.717, 1.165) is 12.2 Å². The van der Waals surface area contributed by atoms with Gasteiger partial charge in [0, 0.05) is 19.3 Å². The highest BCUT2D eigenvalue weighted by molar-refractivity contribution is 6.35. The maximum absolute atomic E-state index is 11.8. The highest BCUT2D eigenvalue weighted by atomic mass is 35.5. The quantitative estimate of drug-likeness (QED) is 0.596. The molecule has 0 bridgehead atoms. The summed E-state index contributed by atoms with van der Waals surface area (Å²) in [6, 6.07) is 8.77. The van der Waals surface area contributed by atoms with Gasteiger partial charge in [-0.1, -0.05) is 30.1 Å². The molecule has 6 nitrogen and oxygen atoms in total. The Morgan fingerprint density at radius 1 is 1.12 bits per heavy atom. The number of halogens is 2. The predicted molar refractivity (Wildman–Crippen MR) is 103 cm³/mol. The number of rotatable bonds is 10. The van der Waals surface area contributed by atoms with Crippen LogP contribution in [0.5, 0.6) is 11.5 Å². The number of nitrogens with one attached hydrogen (secondary N) is 2. The van der Waals surface area contributed by atoms with Crippen molar-refractivity contribution >= 4 is 34.9 Å². The number of aromatic nitrogens is 1. The molecular weight excluding hydrogens is 377 g/mol. The molecule has 1 heterocycles. The minimum absolute atomic E-state index is 0.0604. The maximum atomic E-state index is 11.8. The summed E-state index contributed by atoms with van der Waals surface area (Å²) in [4.78, 5) is 15.9. The Bertz CT molecular complexity index is 711. The van der Waals surface area contributed by atoms with Crippen molar-refractivity contribution in [3.63, 3.8) is 0 Å². The standard InChI is InChI=1S/C18H21Cl2N3O3/c1-2-9-25-14-3-5-15(6-4-14)26-12-17(24)21-7-8-22-18-16(20)10-13(19)11-23-18/h3-6,10-11H,2,7-9,12H2,1H3,(H,21,24)(H,22,23). The molecule has 0 unspecified atom stereocenters. The molecule has 2 aromatic rings. The van der Waals surface area contributed by atoms with Crippen LogP contribution in [0, 0.1) is 0 Å². The van der Waals surface area contributed by atoms with E-state index in [9.17, 15) is 4.79 Å². The van der Waals surface area contributed by atoms with E-state index >= 15 is 0 Å². The van der Waals surface area contributed by atoms with Crippen LogP contribution in [0.25, 0.3) is 0 Å². The third-order valence-electron chi connectivity index (χ3n) is 3.21. The molecule has 1 aromatic carbocycles. The third-order valence-corrected chi connectivity index (χ3v) is 3.71. The molecule has 0 atom stereocenters. The molecule has 0 saturated heterocycles. The summed E-state index contributed by atoms with van der Waals surface area (Å²) in [6.45, 7) is 3.55. The Morgan fingerprint density at radius 2 is 1.81 bits per heavy atom. The second-order valence-corrected chi connectivity index (χ2v) is 6.21. The topological polar surface area (TPSA) is 72.5 Å². The summed E-state index contributed by atoms with van der Waals surface area (Å²) in [5.41, 5.74) is 0. The number of amides is 1. The minimum atomic E-state index is -0.215. The van der Waals surface area contributed by atoms with Gasteiger partial charge in [-0.3, -0.25) is 4.79 Å². The van der Waals surface area contributed by atoms with Crippen molar-refractivity contribution in [1.82, 2.24) is 10.3 Å². The highest BCUT2D eigenvalue weighted by Gasteiger charge is 2.05. The average molecular weight is 398 g/mol. The second kappa shape index (κ2) is 10.7. The monoisotopic (exact) mass is 397 g/mol. The molecule has 2 N–H and O–H groups in total. The van der Waals surface area contributed by atoms with Crippen molar-refractivity contribution in [3.8, 4) is 11.5 Å². The van der Waals surface area contributed by atoms with Crippen molar-refractivity contribution < 1.29 is 14.3 Å². The van der Waals surface area contributed by atoms with Gasteiger partial charge >= 0.3 is 0 Å². The minimum Gasteiger partial charge on any atom is -0.494 e. The number of benzene rings is 1. The highest BCUT2D eigenvalue weighted by Crippen LogP contribution is 2.22. The zero-order valence-corrected chi connectivity index (χ0v) is 15.9. The van der Waals surface area contributed by atoms with Crippen LogP contribution in [0.2, 0.25) is 10.0 Å². The van der Waals surface area contributed by atoms with Crippen molar-refractivity contribution in [3.05, 3.63) is 46.6 Å². The van der Waals surface area contributed by atoms with Crippen LogP contribution in [0.4, 0.5) is 5.82 Å². The largest absolute Gasteiger partial charge is 0.494 e. The zero-order chi connectivity index (χ0) is 18.8. The van der Waals surface area contributed by atoms with Crippen molar-refractivity contribution in [2.45, 2.75) is 13.3 Å². The van der Waals surface area contributed by atoms with Crippen molar-refractivity contribution in [1.29, 1.82) is 0 Å². The van der Waals surface area contributed by atoms with Crippen LogP contribution in [-0.2, 0) is 4.79 Å². The van der Waals surface area contributed by atoms with Gasteiger partial charge in [0.15, 0.2) is 6.61 Å². The molecule has 0 spiro atoms. The predicted octanol–water partition coefficient (Wildman–Crippen LogP) is 3.78. The first-order chi connectivity index (χ1) is 12.6. The first kappa shape index (κ1) is 20.1. The smallest absolute Gasteiger partial charge is 0.258 e. The molecule has 0 saturated carbocycles. The van der Waals surface area contributed by atoms with E-state index in [1.165, 1.54) is 6.20 Å². The van der Waals surface area contributed by atoms with Crippen LogP contribution in [-0.4, -0.2) is 37.2 Å². The van der Waals surface area contributed by atoms with Gasteiger partial charge in [-0.05, 0) is 36.8 Å². The molecule has 26 heavy (non-hydrogen) atoms. The van der Waals surface area contributed by atoms with Crippen LogP contribution < -0.4 is 20.1 Å². The summed E-state index contributed by atoms with van der Waals surface area (Å²) in [6.07, 6.45) is 2.45. The van der Waals surface area contributed by atoms with E-state index in [2.05, 4.69) is 15.6 Å². The van der Waals surface area contributed by atoms with E-state index in [4.69, 9.17) is 32.7 Å². The van der Waals surface area contributed by atoms with Gasteiger partial charge in [0.1, 0.15) is 17.3 Å². The summed E-state index contributed by atoms with van der Waals surface area (Å²) >= 11 is 11.8. The Balaban J connectivity index is 1.64. The number of anilines is 1. The van der Waals surface area contributed by atoms with E-state index in [1.807, 2.05) is 19.1 Å². The number of carbonyl (C=O) groups is 1. The molecular formula is C18H21Cl2N3O3. The molecule has 0 radical (unpaired) electrons. The Hall–Kier alpha value is -2.18. The lowest BCUT2D eigenvalue weighted by molar-refractivity contribution is -0.123. The SMILES string of the molecule is CCCOc1ccc(OCC(=O)NCCNc2ncc(Cl)cc2Cl)cc1. The second-order valence-electron chi connectivity index (χ2n) is 5.37. The fourth-order valence-corrected chi connectivity index (χ4v) is 2.43. The molecule has 8 heteroatoms. The van der Waals surface area contributed by atoms with Gasteiger partial charge in [0.05, 0.1) is 16.7 Å². The lowest BCUT2D eigenvalue weighted by Gasteiger charge is -2.10. The molecule has 1 amide bonds. The normalized spacial score (nSPS) is 10.3. The van der Waals surface area contributed by atoms with Gasteiger partial charge in [0.25, 0.3) is 5.91 Å². The number of pyridine rings is 1. The van der Waals surface area contributed by atoms with Crippen LogP contribution in [0.15, 0.2) is 36.5 Å². The lowest BCUT2D eigenvalue weighted by atomic mass is 10.3.